The standard InChI is InChI=1S/C20H21NO4/c1-4-25-18-10-13(6-8-17(18)24-3)20-15(11-19(22)23)14-9-12(2)5-7-16(14)21-20/h5-10,21H,4,11H2,1-3H3,(H,22,23). The van der Waals surface area contributed by atoms with Crippen LogP contribution >= 0.6 is 0 Å². The van der Waals surface area contributed by atoms with Crippen molar-refractivity contribution in [1.29, 1.82) is 0 Å². The first-order valence-corrected chi connectivity index (χ1v) is 8.17. The van der Waals surface area contributed by atoms with E-state index in [0.717, 1.165) is 33.3 Å². The van der Waals surface area contributed by atoms with Crippen LogP contribution in [0.4, 0.5) is 0 Å². The highest BCUT2D eigenvalue weighted by Crippen LogP contribution is 2.36. The maximum Gasteiger partial charge on any atom is 0.307 e. The number of aromatic amines is 1. The highest BCUT2D eigenvalue weighted by molar-refractivity contribution is 5.94. The normalized spacial score (nSPS) is 10.8. The summed E-state index contributed by atoms with van der Waals surface area (Å²) in [7, 11) is 1.60. The van der Waals surface area contributed by atoms with Crippen LogP contribution in [0.25, 0.3) is 22.2 Å². The summed E-state index contributed by atoms with van der Waals surface area (Å²) in [5, 5.41) is 10.3. The predicted molar refractivity (Wildman–Crippen MR) is 97.5 cm³/mol. The number of carboxylic acid groups (broad SMARTS) is 1. The first-order valence-electron chi connectivity index (χ1n) is 8.17. The summed E-state index contributed by atoms with van der Waals surface area (Å²) in [4.78, 5) is 14.8. The number of carboxylic acids is 1. The molecule has 25 heavy (non-hydrogen) atoms. The molecule has 2 aromatic carbocycles. The molecule has 0 radical (unpaired) electrons. The maximum absolute atomic E-state index is 11.4. The molecular weight excluding hydrogens is 318 g/mol. The van der Waals surface area contributed by atoms with Crippen molar-refractivity contribution in [2.75, 3.05) is 13.7 Å². The van der Waals surface area contributed by atoms with E-state index in [0.29, 0.717) is 18.1 Å². The molecule has 5 heteroatoms. The van der Waals surface area contributed by atoms with Gasteiger partial charge in [0, 0.05) is 16.5 Å². The average Bonchev–Trinajstić information content (AvgIpc) is 2.92. The van der Waals surface area contributed by atoms with Gasteiger partial charge in [-0.05, 0) is 49.7 Å². The van der Waals surface area contributed by atoms with Crippen molar-refractivity contribution >= 4 is 16.9 Å². The summed E-state index contributed by atoms with van der Waals surface area (Å²) in [5.74, 6) is 0.429. The molecule has 0 bridgehead atoms. The zero-order chi connectivity index (χ0) is 18.0. The zero-order valence-electron chi connectivity index (χ0n) is 14.6. The number of methoxy groups -OCH3 is 1. The van der Waals surface area contributed by atoms with Gasteiger partial charge < -0.3 is 19.6 Å². The Hall–Kier alpha value is -2.95. The lowest BCUT2D eigenvalue weighted by Crippen LogP contribution is -2.01. The lowest BCUT2D eigenvalue weighted by molar-refractivity contribution is -0.136. The van der Waals surface area contributed by atoms with E-state index in [1.807, 2.05) is 50.2 Å². The van der Waals surface area contributed by atoms with E-state index < -0.39 is 5.97 Å². The van der Waals surface area contributed by atoms with Crippen molar-refractivity contribution in [3.05, 3.63) is 47.5 Å². The molecule has 2 N–H and O–H groups in total. The number of rotatable bonds is 6. The minimum absolute atomic E-state index is 0.0468. The van der Waals surface area contributed by atoms with Gasteiger partial charge in [0.25, 0.3) is 0 Å². The van der Waals surface area contributed by atoms with Crippen LogP contribution in [-0.4, -0.2) is 29.8 Å². The molecule has 1 heterocycles. The Morgan fingerprint density at radius 3 is 2.64 bits per heavy atom. The second kappa shape index (κ2) is 6.89. The van der Waals surface area contributed by atoms with Crippen molar-refractivity contribution in [1.82, 2.24) is 4.98 Å². The Morgan fingerprint density at radius 2 is 1.96 bits per heavy atom. The highest BCUT2D eigenvalue weighted by Gasteiger charge is 2.17. The van der Waals surface area contributed by atoms with Gasteiger partial charge in [0.15, 0.2) is 11.5 Å². The molecule has 3 rings (SSSR count). The number of nitrogens with one attached hydrogen (secondary N) is 1. The highest BCUT2D eigenvalue weighted by atomic mass is 16.5. The van der Waals surface area contributed by atoms with Gasteiger partial charge in [-0.2, -0.15) is 0 Å². The van der Waals surface area contributed by atoms with Crippen molar-refractivity contribution in [3.8, 4) is 22.8 Å². The fraction of sp³-hybridized carbons (Fsp3) is 0.250. The van der Waals surface area contributed by atoms with Gasteiger partial charge in [-0.15, -0.1) is 0 Å². The van der Waals surface area contributed by atoms with Crippen LogP contribution in [0.3, 0.4) is 0 Å². The number of hydrogen-bond donors (Lipinski definition) is 2. The number of carbonyl (C=O) groups is 1. The van der Waals surface area contributed by atoms with E-state index in [1.165, 1.54) is 0 Å². The maximum atomic E-state index is 11.4. The number of fused-ring (bicyclic) bond motifs is 1. The van der Waals surface area contributed by atoms with Gasteiger partial charge in [-0.1, -0.05) is 11.6 Å². The van der Waals surface area contributed by atoms with Crippen LogP contribution in [0, 0.1) is 6.92 Å². The number of aryl methyl sites for hydroxylation is 1. The predicted octanol–water partition coefficient (Wildman–Crippen LogP) is 4.18. The number of benzene rings is 2. The molecule has 0 aliphatic rings. The molecule has 0 saturated heterocycles. The molecule has 3 aromatic rings. The first kappa shape index (κ1) is 16.9. The molecule has 0 aliphatic heterocycles. The monoisotopic (exact) mass is 339 g/mol. The summed E-state index contributed by atoms with van der Waals surface area (Å²) in [6.45, 7) is 4.43. The second-order valence-corrected chi connectivity index (χ2v) is 5.90. The van der Waals surface area contributed by atoms with Gasteiger partial charge in [0.1, 0.15) is 0 Å². The number of ether oxygens (including phenoxy) is 2. The molecule has 0 amide bonds. The smallest absolute Gasteiger partial charge is 0.307 e. The summed E-state index contributed by atoms with van der Waals surface area (Å²) >= 11 is 0. The lowest BCUT2D eigenvalue weighted by Gasteiger charge is -2.11. The van der Waals surface area contributed by atoms with Crippen molar-refractivity contribution in [2.45, 2.75) is 20.3 Å². The van der Waals surface area contributed by atoms with E-state index in [4.69, 9.17) is 9.47 Å². The third-order valence-corrected chi connectivity index (χ3v) is 4.14. The minimum Gasteiger partial charge on any atom is -0.493 e. The van der Waals surface area contributed by atoms with Crippen LogP contribution in [0.5, 0.6) is 11.5 Å². The van der Waals surface area contributed by atoms with Crippen molar-refractivity contribution in [3.63, 3.8) is 0 Å². The third kappa shape index (κ3) is 3.31. The molecule has 0 spiro atoms. The molecule has 0 saturated carbocycles. The molecule has 5 nitrogen and oxygen atoms in total. The van der Waals surface area contributed by atoms with Gasteiger partial charge >= 0.3 is 5.97 Å². The van der Waals surface area contributed by atoms with Crippen LogP contribution in [0.1, 0.15) is 18.1 Å². The number of hydrogen-bond acceptors (Lipinski definition) is 3. The van der Waals surface area contributed by atoms with Crippen LogP contribution in [-0.2, 0) is 11.2 Å². The molecule has 0 fully saturated rings. The Balaban J connectivity index is 2.20. The van der Waals surface area contributed by atoms with Gasteiger partial charge in [0.2, 0.25) is 0 Å². The molecule has 0 unspecified atom stereocenters. The number of aliphatic carboxylic acids is 1. The largest absolute Gasteiger partial charge is 0.493 e. The number of aromatic nitrogens is 1. The Labute approximate surface area is 146 Å². The molecular formula is C20H21NO4. The van der Waals surface area contributed by atoms with E-state index in [-0.39, 0.29) is 6.42 Å². The zero-order valence-corrected chi connectivity index (χ0v) is 14.6. The van der Waals surface area contributed by atoms with Gasteiger partial charge in [-0.3, -0.25) is 4.79 Å². The van der Waals surface area contributed by atoms with Crippen molar-refractivity contribution < 1.29 is 19.4 Å². The molecule has 130 valence electrons. The summed E-state index contributed by atoms with van der Waals surface area (Å²) in [6, 6.07) is 11.6. The molecule has 0 atom stereocenters. The average molecular weight is 339 g/mol. The quantitative estimate of drug-likeness (QED) is 0.707. The van der Waals surface area contributed by atoms with E-state index >= 15 is 0 Å². The Morgan fingerprint density at radius 1 is 1.16 bits per heavy atom. The summed E-state index contributed by atoms with van der Waals surface area (Å²) < 4.78 is 11.0. The summed E-state index contributed by atoms with van der Waals surface area (Å²) in [5.41, 5.74) is 4.46. The van der Waals surface area contributed by atoms with Gasteiger partial charge in [-0.25, -0.2) is 0 Å². The van der Waals surface area contributed by atoms with E-state index in [2.05, 4.69) is 4.98 Å². The van der Waals surface area contributed by atoms with Crippen LogP contribution < -0.4 is 9.47 Å². The fourth-order valence-electron chi connectivity index (χ4n) is 3.04. The van der Waals surface area contributed by atoms with Crippen molar-refractivity contribution in [2.24, 2.45) is 0 Å². The Bertz CT molecular complexity index is 927. The van der Waals surface area contributed by atoms with E-state index in [9.17, 15) is 9.90 Å². The topological polar surface area (TPSA) is 71.6 Å². The third-order valence-electron chi connectivity index (χ3n) is 4.14. The SMILES string of the molecule is CCOc1cc(-c2[nH]c3ccc(C)cc3c2CC(=O)O)ccc1OC. The van der Waals surface area contributed by atoms with Crippen LogP contribution in [0.2, 0.25) is 0 Å². The van der Waals surface area contributed by atoms with Crippen LogP contribution in [0.15, 0.2) is 36.4 Å². The fourth-order valence-corrected chi connectivity index (χ4v) is 3.04. The molecule has 0 aliphatic carbocycles. The number of H-pyrrole nitrogens is 1. The van der Waals surface area contributed by atoms with Gasteiger partial charge in [0.05, 0.1) is 25.8 Å². The first-order chi connectivity index (χ1) is 12.0. The summed E-state index contributed by atoms with van der Waals surface area (Å²) in [6.07, 6.45) is -0.0468. The minimum atomic E-state index is -0.859. The molecule has 1 aromatic heterocycles. The lowest BCUT2D eigenvalue weighted by atomic mass is 10.0. The van der Waals surface area contributed by atoms with E-state index in [1.54, 1.807) is 7.11 Å². The second-order valence-electron chi connectivity index (χ2n) is 5.90. The Kier molecular flexibility index (Phi) is 4.65.